The minimum atomic E-state index is -0.00194. The van der Waals surface area contributed by atoms with Gasteiger partial charge in [0.25, 0.3) is 0 Å². The molecule has 2 aliphatic rings. The molecule has 2 saturated heterocycles. The van der Waals surface area contributed by atoms with Crippen LogP contribution < -0.4 is 10.6 Å². The molecule has 0 aromatic heterocycles. The lowest BCUT2D eigenvalue weighted by Crippen LogP contribution is -2.56. The molecule has 0 aliphatic carbocycles. The summed E-state index contributed by atoms with van der Waals surface area (Å²) in [4.78, 5) is 14.3. The van der Waals surface area contributed by atoms with Crippen molar-refractivity contribution in [2.24, 2.45) is 0 Å². The SMILES string of the molecule is CC(C)(CNC(=O)C1CCCN1)N1CCOCC1. The van der Waals surface area contributed by atoms with Crippen LogP contribution in [0.1, 0.15) is 26.7 Å². The number of rotatable bonds is 4. The fourth-order valence-corrected chi connectivity index (χ4v) is 2.62. The van der Waals surface area contributed by atoms with Gasteiger partial charge in [-0.05, 0) is 33.2 Å². The molecule has 2 N–H and O–H groups in total. The first-order chi connectivity index (χ1) is 8.59. The molecule has 2 heterocycles. The quantitative estimate of drug-likeness (QED) is 0.740. The molecule has 5 heteroatoms. The molecule has 2 aliphatic heterocycles. The van der Waals surface area contributed by atoms with E-state index in [9.17, 15) is 4.79 Å². The van der Waals surface area contributed by atoms with E-state index in [1.54, 1.807) is 0 Å². The van der Waals surface area contributed by atoms with E-state index in [-0.39, 0.29) is 17.5 Å². The number of amides is 1. The minimum Gasteiger partial charge on any atom is -0.379 e. The van der Waals surface area contributed by atoms with E-state index < -0.39 is 0 Å². The summed E-state index contributed by atoms with van der Waals surface area (Å²) in [5.41, 5.74) is -0.00194. The van der Waals surface area contributed by atoms with Crippen LogP contribution in [0.25, 0.3) is 0 Å². The Morgan fingerprint density at radius 2 is 2.17 bits per heavy atom. The molecule has 0 radical (unpaired) electrons. The van der Waals surface area contributed by atoms with Crippen LogP contribution >= 0.6 is 0 Å². The largest absolute Gasteiger partial charge is 0.379 e. The van der Waals surface area contributed by atoms with Crippen LogP contribution in [0.15, 0.2) is 0 Å². The van der Waals surface area contributed by atoms with Crippen molar-refractivity contribution in [3.63, 3.8) is 0 Å². The Kier molecular flexibility index (Phi) is 4.59. The molecule has 0 bridgehead atoms. The van der Waals surface area contributed by atoms with Gasteiger partial charge in [-0.25, -0.2) is 0 Å². The Bertz CT molecular complexity index is 282. The first kappa shape index (κ1) is 13.8. The molecule has 18 heavy (non-hydrogen) atoms. The highest BCUT2D eigenvalue weighted by Gasteiger charge is 2.30. The van der Waals surface area contributed by atoms with Crippen LogP contribution in [-0.4, -0.2) is 61.8 Å². The molecular formula is C13H25N3O2. The second-order valence-electron chi connectivity index (χ2n) is 5.78. The third-order valence-electron chi connectivity index (χ3n) is 3.94. The lowest BCUT2D eigenvalue weighted by atomic mass is 10.0. The summed E-state index contributed by atoms with van der Waals surface area (Å²) in [6.45, 7) is 9.51. The van der Waals surface area contributed by atoms with Gasteiger partial charge in [-0.1, -0.05) is 0 Å². The highest BCUT2D eigenvalue weighted by Crippen LogP contribution is 2.15. The third kappa shape index (κ3) is 3.43. The Hall–Kier alpha value is -0.650. The van der Waals surface area contributed by atoms with Gasteiger partial charge in [-0.15, -0.1) is 0 Å². The molecule has 0 spiro atoms. The third-order valence-corrected chi connectivity index (χ3v) is 3.94. The number of morpholine rings is 1. The summed E-state index contributed by atoms with van der Waals surface area (Å²) in [7, 11) is 0. The Balaban J connectivity index is 1.78. The van der Waals surface area contributed by atoms with Gasteiger partial charge < -0.3 is 15.4 Å². The second-order valence-corrected chi connectivity index (χ2v) is 5.78. The van der Waals surface area contributed by atoms with Gasteiger partial charge in [0.1, 0.15) is 0 Å². The highest BCUT2D eigenvalue weighted by atomic mass is 16.5. The maximum absolute atomic E-state index is 12.0. The van der Waals surface area contributed by atoms with Crippen LogP contribution in [0, 0.1) is 0 Å². The Labute approximate surface area is 109 Å². The van der Waals surface area contributed by atoms with Crippen molar-refractivity contribution in [1.29, 1.82) is 0 Å². The molecule has 2 rings (SSSR count). The number of hydrogen-bond donors (Lipinski definition) is 2. The molecule has 1 atom stereocenters. The van der Waals surface area contributed by atoms with Crippen molar-refractivity contribution < 1.29 is 9.53 Å². The Morgan fingerprint density at radius 1 is 1.44 bits per heavy atom. The van der Waals surface area contributed by atoms with E-state index in [4.69, 9.17) is 4.74 Å². The second kappa shape index (κ2) is 5.99. The molecule has 1 amide bonds. The van der Waals surface area contributed by atoms with Gasteiger partial charge >= 0.3 is 0 Å². The molecule has 1 unspecified atom stereocenters. The number of hydrogen-bond acceptors (Lipinski definition) is 4. The highest BCUT2D eigenvalue weighted by molar-refractivity contribution is 5.82. The summed E-state index contributed by atoms with van der Waals surface area (Å²) >= 11 is 0. The summed E-state index contributed by atoms with van der Waals surface area (Å²) in [6, 6.07) is 0.0190. The summed E-state index contributed by atoms with van der Waals surface area (Å²) in [5.74, 6) is 0.147. The van der Waals surface area contributed by atoms with Gasteiger partial charge in [0, 0.05) is 25.2 Å². The van der Waals surface area contributed by atoms with Crippen LogP contribution in [-0.2, 0) is 9.53 Å². The van der Waals surface area contributed by atoms with Crippen molar-refractivity contribution in [1.82, 2.24) is 15.5 Å². The lowest BCUT2D eigenvalue weighted by Gasteiger charge is -2.41. The van der Waals surface area contributed by atoms with Crippen molar-refractivity contribution in [2.45, 2.75) is 38.3 Å². The fourth-order valence-electron chi connectivity index (χ4n) is 2.62. The molecular weight excluding hydrogens is 230 g/mol. The maximum Gasteiger partial charge on any atom is 0.237 e. The number of carbonyl (C=O) groups is 1. The minimum absolute atomic E-state index is 0.00194. The van der Waals surface area contributed by atoms with Gasteiger partial charge in [-0.3, -0.25) is 9.69 Å². The average molecular weight is 255 g/mol. The monoisotopic (exact) mass is 255 g/mol. The normalized spacial score (nSPS) is 26.2. The van der Waals surface area contributed by atoms with Gasteiger partial charge in [0.2, 0.25) is 5.91 Å². The number of carbonyl (C=O) groups excluding carboxylic acids is 1. The average Bonchev–Trinajstić information content (AvgIpc) is 2.91. The zero-order chi connectivity index (χ0) is 13.0. The fraction of sp³-hybridized carbons (Fsp3) is 0.923. The number of nitrogens with one attached hydrogen (secondary N) is 2. The van der Waals surface area contributed by atoms with E-state index in [0.29, 0.717) is 6.54 Å². The van der Waals surface area contributed by atoms with E-state index in [1.807, 2.05) is 0 Å². The van der Waals surface area contributed by atoms with Gasteiger partial charge in [0.15, 0.2) is 0 Å². The van der Waals surface area contributed by atoms with E-state index in [2.05, 4.69) is 29.4 Å². The van der Waals surface area contributed by atoms with Gasteiger partial charge in [0.05, 0.1) is 19.3 Å². The van der Waals surface area contributed by atoms with Crippen molar-refractivity contribution >= 4 is 5.91 Å². The zero-order valence-corrected chi connectivity index (χ0v) is 11.5. The van der Waals surface area contributed by atoms with Crippen molar-refractivity contribution in [3.8, 4) is 0 Å². The summed E-state index contributed by atoms with van der Waals surface area (Å²) in [6.07, 6.45) is 2.06. The molecule has 0 aromatic rings. The summed E-state index contributed by atoms with van der Waals surface area (Å²) < 4.78 is 5.36. The first-order valence-electron chi connectivity index (χ1n) is 6.93. The van der Waals surface area contributed by atoms with Crippen LogP contribution in [0.4, 0.5) is 0 Å². The molecule has 2 fully saturated rings. The Morgan fingerprint density at radius 3 is 2.78 bits per heavy atom. The molecule has 104 valence electrons. The first-order valence-corrected chi connectivity index (χ1v) is 6.93. The lowest BCUT2D eigenvalue weighted by molar-refractivity contribution is -0.123. The number of nitrogens with zero attached hydrogens (tertiary/aromatic N) is 1. The van der Waals surface area contributed by atoms with E-state index >= 15 is 0 Å². The van der Waals surface area contributed by atoms with Crippen LogP contribution in [0.5, 0.6) is 0 Å². The smallest absolute Gasteiger partial charge is 0.237 e. The predicted octanol–water partition coefficient (Wildman–Crippen LogP) is -0.0346. The van der Waals surface area contributed by atoms with E-state index in [1.165, 1.54) is 0 Å². The number of ether oxygens (including phenoxy) is 1. The van der Waals surface area contributed by atoms with Gasteiger partial charge in [-0.2, -0.15) is 0 Å². The van der Waals surface area contributed by atoms with Crippen LogP contribution in [0.2, 0.25) is 0 Å². The molecule has 5 nitrogen and oxygen atoms in total. The van der Waals surface area contributed by atoms with E-state index in [0.717, 1.165) is 45.7 Å². The van der Waals surface area contributed by atoms with Crippen molar-refractivity contribution in [3.05, 3.63) is 0 Å². The van der Waals surface area contributed by atoms with Crippen molar-refractivity contribution in [2.75, 3.05) is 39.4 Å². The van der Waals surface area contributed by atoms with Crippen LogP contribution in [0.3, 0.4) is 0 Å². The predicted molar refractivity (Wildman–Crippen MR) is 70.5 cm³/mol. The topological polar surface area (TPSA) is 53.6 Å². The zero-order valence-electron chi connectivity index (χ0n) is 11.5. The molecule has 0 aromatic carbocycles. The summed E-state index contributed by atoms with van der Waals surface area (Å²) in [5, 5.41) is 6.30. The maximum atomic E-state index is 12.0. The molecule has 0 saturated carbocycles. The standard InChI is InChI=1S/C13H25N3O2/c1-13(2,16-6-8-18-9-7-16)10-15-12(17)11-4-3-5-14-11/h11,14H,3-10H2,1-2H3,(H,15,17).